The molecular weight excluding hydrogens is 208 g/mol. The Bertz CT molecular complexity index is 458. The third-order valence-electron chi connectivity index (χ3n) is 4.96. The molecule has 4 rings (SSSR count). The first-order chi connectivity index (χ1) is 8.27. The fourth-order valence-electron chi connectivity index (χ4n) is 3.62. The minimum Gasteiger partial charge on any atom is -0.398 e. The van der Waals surface area contributed by atoms with Crippen LogP contribution in [0, 0.1) is 11.3 Å². The van der Waals surface area contributed by atoms with Crippen LogP contribution in [-0.4, -0.2) is 11.4 Å². The van der Waals surface area contributed by atoms with E-state index in [9.17, 15) is 0 Å². The number of nitrogen functional groups attached to an aromatic ring is 1. The Morgan fingerprint density at radius 2 is 2.06 bits per heavy atom. The molecule has 0 spiro atoms. The lowest BCUT2D eigenvalue weighted by atomic mass is 10.0. The Morgan fingerprint density at radius 3 is 2.71 bits per heavy atom. The molecule has 0 unspecified atom stereocenters. The predicted octanol–water partition coefficient (Wildman–Crippen LogP) is 2.77. The Labute approximate surface area is 103 Å². The van der Waals surface area contributed by atoms with Crippen molar-refractivity contribution in [3.8, 4) is 0 Å². The van der Waals surface area contributed by atoms with E-state index in [4.69, 9.17) is 5.73 Å². The average molecular weight is 228 g/mol. The minimum atomic E-state index is 0.719. The van der Waals surface area contributed by atoms with E-state index in [1.165, 1.54) is 43.4 Å². The number of anilines is 1. The molecule has 1 aliphatic heterocycles. The summed E-state index contributed by atoms with van der Waals surface area (Å²) in [7, 11) is 0. The summed E-state index contributed by atoms with van der Waals surface area (Å²) in [5.41, 5.74) is 10.6. The first-order valence-corrected chi connectivity index (χ1v) is 6.85. The Balaban J connectivity index is 1.51. The van der Waals surface area contributed by atoms with E-state index in [-0.39, 0.29) is 0 Å². The van der Waals surface area contributed by atoms with Gasteiger partial charge in [-0.1, -0.05) is 12.1 Å². The van der Waals surface area contributed by atoms with Gasteiger partial charge in [-0.2, -0.15) is 0 Å². The zero-order valence-corrected chi connectivity index (χ0v) is 10.3. The molecule has 2 N–H and O–H groups in total. The number of nitrogens with two attached hydrogens (primary N) is 1. The molecule has 0 atom stereocenters. The maximum atomic E-state index is 6.06. The quantitative estimate of drug-likeness (QED) is 0.806. The molecular formula is C15H20N2. The zero-order valence-electron chi connectivity index (χ0n) is 10.3. The largest absolute Gasteiger partial charge is 0.398 e. The third kappa shape index (κ3) is 1.58. The smallest absolute Gasteiger partial charge is 0.0363 e. The molecule has 2 aliphatic carbocycles. The number of fused-ring (bicyclic) bond motifs is 1. The molecule has 0 amide bonds. The molecule has 90 valence electrons. The van der Waals surface area contributed by atoms with Crippen LogP contribution < -0.4 is 5.73 Å². The lowest BCUT2D eigenvalue weighted by Gasteiger charge is -2.22. The molecule has 2 nitrogen and oxygen atoms in total. The van der Waals surface area contributed by atoms with E-state index >= 15 is 0 Å². The number of hydrogen-bond donors (Lipinski definition) is 1. The Kier molecular flexibility index (Phi) is 1.91. The van der Waals surface area contributed by atoms with Gasteiger partial charge in [-0.3, -0.25) is 4.90 Å². The minimum absolute atomic E-state index is 0.719. The van der Waals surface area contributed by atoms with Crippen LogP contribution in [0.4, 0.5) is 5.69 Å². The van der Waals surface area contributed by atoms with E-state index in [2.05, 4.69) is 17.0 Å². The third-order valence-corrected chi connectivity index (χ3v) is 4.96. The van der Waals surface area contributed by atoms with Gasteiger partial charge in [0.25, 0.3) is 0 Å². The van der Waals surface area contributed by atoms with Crippen LogP contribution in [-0.2, 0) is 13.1 Å². The molecule has 0 radical (unpaired) electrons. The fraction of sp³-hybridized carbons (Fsp3) is 0.600. The molecule has 1 aromatic rings. The monoisotopic (exact) mass is 228 g/mol. The highest BCUT2D eigenvalue weighted by molar-refractivity contribution is 5.52. The van der Waals surface area contributed by atoms with Crippen LogP contribution in [0.25, 0.3) is 0 Å². The number of hydrogen-bond acceptors (Lipinski definition) is 2. The second-order valence-electron chi connectivity index (χ2n) is 6.27. The van der Waals surface area contributed by atoms with Crippen molar-refractivity contribution in [2.75, 3.05) is 12.3 Å². The highest BCUT2D eigenvalue weighted by Gasteiger charge is 2.54. The van der Waals surface area contributed by atoms with Crippen molar-refractivity contribution < 1.29 is 0 Å². The molecule has 0 saturated heterocycles. The maximum Gasteiger partial charge on any atom is 0.0363 e. The number of rotatable bonds is 3. The van der Waals surface area contributed by atoms with Crippen LogP contribution >= 0.6 is 0 Å². The lowest BCUT2D eigenvalue weighted by molar-refractivity contribution is 0.207. The summed E-state index contributed by atoms with van der Waals surface area (Å²) >= 11 is 0. The van der Waals surface area contributed by atoms with Crippen molar-refractivity contribution in [2.24, 2.45) is 11.3 Å². The second-order valence-corrected chi connectivity index (χ2v) is 6.27. The Hall–Kier alpha value is -1.02. The second kappa shape index (κ2) is 3.26. The predicted molar refractivity (Wildman–Crippen MR) is 69.4 cm³/mol. The van der Waals surface area contributed by atoms with Crippen LogP contribution in [0.5, 0.6) is 0 Å². The van der Waals surface area contributed by atoms with E-state index in [0.29, 0.717) is 0 Å². The van der Waals surface area contributed by atoms with Gasteiger partial charge >= 0.3 is 0 Å². The van der Waals surface area contributed by atoms with E-state index in [1.807, 2.05) is 6.07 Å². The summed E-state index contributed by atoms with van der Waals surface area (Å²) in [6.45, 7) is 3.51. The van der Waals surface area contributed by atoms with Crippen molar-refractivity contribution >= 4 is 5.69 Å². The lowest BCUT2D eigenvalue weighted by Crippen LogP contribution is -2.27. The SMILES string of the molecule is Nc1cccc2c1CN(CC1(C3CC3)CC1)C2. The van der Waals surface area contributed by atoms with E-state index in [1.54, 1.807) is 0 Å². The van der Waals surface area contributed by atoms with Gasteiger partial charge in [0, 0.05) is 25.3 Å². The Morgan fingerprint density at radius 1 is 1.24 bits per heavy atom. The first kappa shape index (κ1) is 9.95. The van der Waals surface area contributed by atoms with Crippen molar-refractivity contribution in [3.63, 3.8) is 0 Å². The van der Waals surface area contributed by atoms with E-state index in [0.717, 1.165) is 30.1 Å². The van der Waals surface area contributed by atoms with Gasteiger partial charge in [0.05, 0.1) is 0 Å². The summed E-state index contributed by atoms with van der Waals surface area (Å²) < 4.78 is 0. The van der Waals surface area contributed by atoms with Gasteiger partial charge in [-0.25, -0.2) is 0 Å². The van der Waals surface area contributed by atoms with Crippen LogP contribution in [0.2, 0.25) is 0 Å². The summed E-state index contributed by atoms with van der Waals surface area (Å²) in [5, 5.41) is 0. The van der Waals surface area contributed by atoms with Crippen molar-refractivity contribution in [2.45, 2.75) is 38.8 Å². The van der Waals surface area contributed by atoms with Crippen molar-refractivity contribution in [3.05, 3.63) is 29.3 Å². The molecule has 2 heteroatoms. The summed E-state index contributed by atoms with van der Waals surface area (Å²) in [6, 6.07) is 6.37. The molecule has 2 saturated carbocycles. The van der Waals surface area contributed by atoms with Crippen molar-refractivity contribution in [1.82, 2.24) is 4.90 Å². The van der Waals surface area contributed by atoms with Gasteiger partial charge < -0.3 is 5.73 Å². The number of benzene rings is 1. The topological polar surface area (TPSA) is 29.3 Å². The van der Waals surface area contributed by atoms with Crippen LogP contribution in [0.3, 0.4) is 0 Å². The molecule has 1 heterocycles. The van der Waals surface area contributed by atoms with Gasteiger partial charge in [0.2, 0.25) is 0 Å². The van der Waals surface area contributed by atoms with Crippen LogP contribution in [0.15, 0.2) is 18.2 Å². The molecule has 17 heavy (non-hydrogen) atoms. The summed E-state index contributed by atoms with van der Waals surface area (Å²) in [5.74, 6) is 1.06. The van der Waals surface area contributed by atoms with Gasteiger partial charge in [0.15, 0.2) is 0 Å². The molecule has 1 aromatic carbocycles. The van der Waals surface area contributed by atoms with Crippen molar-refractivity contribution in [1.29, 1.82) is 0 Å². The molecule has 3 aliphatic rings. The molecule has 0 aromatic heterocycles. The standard InChI is InChI=1S/C15H20N2/c16-14-3-1-2-11-8-17(9-13(11)14)10-15(6-7-15)12-4-5-12/h1-3,12H,4-10,16H2. The van der Waals surface area contributed by atoms with Gasteiger partial charge in [-0.05, 0) is 54.2 Å². The molecule has 0 bridgehead atoms. The fourth-order valence-corrected chi connectivity index (χ4v) is 3.62. The van der Waals surface area contributed by atoms with E-state index < -0.39 is 0 Å². The average Bonchev–Trinajstić information content (AvgIpc) is 3.17. The molecule has 2 fully saturated rings. The highest BCUT2D eigenvalue weighted by Crippen LogP contribution is 2.61. The first-order valence-electron chi connectivity index (χ1n) is 6.85. The summed E-state index contributed by atoms with van der Waals surface area (Å²) in [6.07, 6.45) is 5.92. The van der Waals surface area contributed by atoms with Gasteiger partial charge in [-0.15, -0.1) is 0 Å². The number of nitrogens with zero attached hydrogens (tertiary/aromatic N) is 1. The highest BCUT2D eigenvalue weighted by atomic mass is 15.2. The van der Waals surface area contributed by atoms with Crippen LogP contribution in [0.1, 0.15) is 36.8 Å². The zero-order chi connectivity index (χ0) is 11.5. The summed E-state index contributed by atoms with van der Waals surface area (Å²) in [4.78, 5) is 2.62. The normalized spacial score (nSPS) is 25.9. The maximum absolute atomic E-state index is 6.06. The van der Waals surface area contributed by atoms with Gasteiger partial charge in [0.1, 0.15) is 0 Å².